The number of urea groups is 1. The van der Waals surface area contributed by atoms with Crippen molar-refractivity contribution in [2.75, 3.05) is 5.32 Å². The SMILES string of the molecule is CC(C)[C@H](NC(=O)Nc1cccc(Cl)c1)C(=O)N1Cc2ccccc2C[C@@H]1CC(=O)O. The van der Waals surface area contributed by atoms with Gasteiger partial charge in [-0.05, 0) is 41.7 Å². The Hall–Kier alpha value is -3.06. The summed E-state index contributed by atoms with van der Waals surface area (Å²) < 4.78 is 0. The molecule has 3 amide bonds. The molecule has 0 spiro atoms. The van der Waals surface area contributed by atoms with E-state index in [1.165, 1.54) is 0 Å². The van der Waals surface area contributed by atoms with Crippen LogP contribution in [0.15, 0.2) is 48.5 Å². The van der Waals surface area contributed by atoms with Crippen molar-refractivity contribution in [2.24, 2.45) is 5.92 Å². The van der Waals surface area contributed by atoms with Crippen molar-refractivity contribution in [3.8, 4) is 0 Å². The first-order valence-electron chi connectivity index (χ1n) is 10.2. The van der Waals surface area contributed by atoms with Gasteiger partial charge in [-0.25, -0.2) is 4.79 Å². The van der Waals surface area contributed by atoms with Gasteiger partial charge in [-0.3, -0.25) is 9.59 Å². The number of carbonyl (C=O) groups excluding carboxylic acids is 2. The minimum Gasteiger partial charge on any atom is -0.481 e. The van der Waals surface area contributed by atoms with Crippen LogP contribution in [0.5, 0.6) is 0 Å². The third-order valence-corrected chi connectivity index (χ3v) is 5.59. The molecule has 3 N–H and O–H groups in total. The predicted octanol–water partition coefficient (Wildman–Crippen LogP) is 3.91. The standard InChI is InChI=1S/C23H26ClN3O4/c1-14(2)21(26-23(31)25-18-9-5-8-17(24)11-18)22(30)27-13-16-7-4-3-6-15(16)10-19(27)12-20(28)29/h3-9,11,14,19,21H,10,12-13H2,1-2H3,(H,28,29)(H2,25,26,31)/t19-,21+/m1/s1. The largest absolute Gasteiger partial charge is 0.481 e. The van der Waals surface area contributed by atoms with Gasteiger partial charge in [0.05, 0.1) is 6.42 Å². The molecule has 2 aromatic rings. The van der Waals surface area contributed by atoms with E-state index >= 15 is 0 Å². The number of carboxylic acid groups (broad SMARTS) is 1. The Balaban J connectivity index is 1.78. The molecule has 7 nitrogen and oxygen atoms in total. The topological polar surface area (TPSA) is 98.7 Å². The van der Waals surface area contributed by atoms with Crippen LogP contribution in [0.1, 0.15) is 31.4 Å². The second-order valence-corrected chi connectivity index (χ2v) is 8.46. The van der Waals surface area contributed by atoms with Crippen LogP contribution >= 0.6 is 11.6 Å². The predicted molar refractivity (Wildman–Crippen MR) is 119 cm³/mol. The van der Waals surface area contributed by atoms with Gasteiger partial charge in [-0.15, -0.1) is 0 Å². The fraction of sp³-hybridized carbons (Fsp3) is 0.348. The molecule has 1 aliphatic rings. The number of benzene rings is 2. The van der Waals surface area contributed by atoms with E-state index < -0.39 is 24.1 Å². The van der Waals surface area contributed by atoms with Crippen molar-refractivity contribution in [3.63, 3.8) is 0 Å². The summed E-state index contributed by atoms with van der Waals surface area (Å²) in [6.45, 7) is 3.99. The molecule has 0 unspecified atom stereocenters. The van der Waals surface area contributed by atoms with Gasteiger partial charge in [-0.2, -0.15) is 0 Å². The van der Waals surface area contributed by atoms with E-state index in [1.54, 1.807) is 29.2 Å². The summed E-state index contributed by atoms with van der Waals surface area (Å²) in [5.74, 6) is -1.45. The highest BCUT2D eigenvalue weighted by molar-refractivity contribution is 6.30. The Morgan fingerprint density at radius 2 is 1.84 bits per heavy atom. The molecule has 0 saturated carbocycles. The highest BCUT2D eigenvalue weighted by Crippen LogP contribution is 2.26. The molecule has 3 rings (SSSR count). The minimum absolute atomic E-state index is 0.153. The number of carboxylic acids is 1. The zero-order valence-corrected chi connectivity index (χ0v) is 18.2. The fourth-order valence-electron chi connectivity index (χ4n) is 3.80. The van der Waals surface area contributed by atoms with Gasteiger partial charge in [0.25, 0.3) is 0 Å². The third-order valence-electron chi connectivity index (χ3n) is 5.35. The number of carbonyl (C=O) groups is 3. The summed E-state index contributed by atoms with van der Waals surface area (Å²) in [5.41, 5.74) is 2.55. The lowest BCUT2D eigenvalue weighted by Crippen LogP contribution is -2.56. The van der Waals surface area contributed by atoms with E-state index in [2.05, 4.69) is 10.6 Å². The van der Waals surface area contributed by atoms with Gasteiger partial charge in [0.1, 0.15) is 6.04 Å². The molecule has 8 heteroatoms. The smallest absolute Gasteiger partial charge is 0.319 e. The van der Waals surface area contributed by atoms with E-state index in [9.17, 15) is 19.5 Å². The maximum Gasteiger partial charge on any atom is 0.319 e. The third kappa shape index (κ3) is 5.76. The highest BCUT2D eigenvalue weighted by atomic mass is 35.5. The van der Waals surface area contributed by atoms with Gasteiger partial charge in [-0.1, -0.05) is 55.8 Å². The number of aliphatic carboxylic acids is 1. The first-order valence-corrected chi connectivity index (χ1v) is 10.5. The lowest BCUT2D eigenvalue weighted by molar-refractivity contribution is -0.143. The number of hydrogen-bond donors (Lipinski definition) is 3. The molecule has 0 fully saturated rings. The fourth-order valence-corrected chi connectivity index (χ4v) is 3.99. The van der Waals surface area contributed by atoms with Crippen LogP contribution in [0.25, 0.3) is 0 Å². The molecule has 1 heterocycles. The molecule has 31 heavy (non-hydrogen) atoms. The minimum atomic E-state index is -0.963. The number of nitrogens with one attached hydrogen (secondary N) is 2. The number of rotatable bonds is 6. The van der Waals surface area contributed by atoms with Gasteiger partial charge < -0.3 is 20.6 Å². The van der Waals surface area contributed by atoms with Crippen LogP contribution < -0.4 is 10.6 Å². The van der Waals surface area contributed by atoms with Crippen LogP contribution in [-0.2, 0) is 22.6 Å². The van der Waals surface area contributed by atoms with Crippen molar-refractivity contribution in [3.05, 3.63) is 64.7 Å². The van der Waals surface area contributed by atoms with Crippen molar-refractivity contribution < 1.29 is 19.5 Å². The number of halogens is 1. The molecule has 0 radical (unpaired) electrons. The van der Waals surface area contributed by atoms with Crippen LogP contribution in [-0.4, -0.2) is 40.0 Å². The molecule has 2 atom stereocenters. The van der Waals surface area contributed by atoms with Gasteiger partial charge in [0, 0.05) is 23.3 Å². The quantitative estimate of drug-likeness (QED) is 0.630. The number of amides is 3. The van der Waals surface area contributed by atoms with Crippen molar-refractivity contribution in [1.82, 2.24) is 10.2 Å². The summed E-state index contributed by atoms with van der Waals surface area (Å²) in [5, 5.41) is 15.3. The summed E-state index contributed by atoms with van der Waals surface area (Å²) in [6, 6.07) is 12.6. The Labute approximate surface area is 186 Å². The summed E-state index contributed by atoms with van der Waals surface area (Å²) in [7, 11) is 0. The van der Waals surface area contributed by atoms with E-state index in [4.69, 9.17) is 11.6 Å². The average molecular weight is 444 g/mol. The zero-order chi connectivity index (χ0) is 22.5. The molecular weight excluding hydrogens is 418 g/mol. The zero-order valence-electron chi connectivity index (χ0n) is 17.5. The lowest BCUT2D eigenvalue weighted by Gasteiger charge is -2.39. The van der Waals surface area contributed by atoms with Crippen molar-refractivity contribution >= 4 is 35.2 Å². The van der Waals surface area contributed by atoms with E-state index in [-0.39, 0.29) is 18.2 Å². The second-order valence-electron chi connectivity index (χ2n) is 8.02. The number of anilines is 1. The highest BCUT2D eigenvalue weighted by Gasteiger charge is 2.36. The van der Waals surface area contributed by atoms with Crippen molar-refractivity contribution in [1.29, 1.82) is 0 Å². The Kier molecular flexibility index (Phi) is 7.17. The first-order chi connectivity index (χ1) is 14.7. The van der Waals surface area contributed by atoms with Crippen LogP contribution in [0.4, 0.5) is 10.5 Å². The molecule has 1 aliphatic heterocycles. The second kappa shape index (κ2) is 9.83. The molecule has 2 aromatic carbocycles. The van der Waals surface area contributed by atoms with Gasteiger partial charge in [0.15, 0.2) is 0 Å². The Morgan fingerprint density at radius 1 is 1.13 bits per heavy atom. The van der Waals surface area contributed by atoms with Crippen molar-refractivity contribution in [2.45, 2.75) is 45.3 Å². The average Bonchev–Trinajstić information content (AvgIpc) is 2.70. The maximum absolute atomic E-state index is 13.5. The monoisotopic (exact) mass is 443 g/mol. The maximum atomic E-state index is 13.5. The molecule has 0 aliphatic carbocycles. The lowest BCUT2D eigenvalue weighted by atomic mass is 9.90. The molecule has 164 valence electrons. The summed E-state index contributed by atoms with van der Waals surface area (Å²) in [4.78, 5) is 39.0. The van der Waals surface area contributed by atoms with E-state index in [1.807, 2.05) is 38.1 Å². The Bertz CT molecular complexity index is 979. The number of hydrogen-bond acceptors (Lipinski definition) is 3. The molecular formula is C23H26ClN3O4. The molecule has 0 saturated heterocycles. The molecule has 0 bridgehead atoms. The number of nitrogens with zero attached hydrogens (tertiary/aromatic N) is 1. The first kappa shape index (κ1) is 22.6. The van der Waals surface area contributed by atoms with Crippen LogP contribution in [0, 0.1) is 5.92 Å². The van der Waals surface area contributed by atoms with Gasteiger partial charge in [0.2, 0.25) is 5.91 Å². The normalized spacial score (nSPS) is 16.4. The van der Waals surface area contributed by atoms with E-state index in [0.717, 1.165) is 11.1 Å². The van der Waals surface area contributed by atoms with E-state index in [0.29, 0.717) is 23.7 Å². The summed E-state index contributed by atoms with van der Waals surface area (Å²) in [6.07, 6.45) is 0.313. The van der Waals surface area contributed by atoms with Crippen LogP contribution in [0.3, 0.4) is 0 Å². The summed E-state index contributed by atoms with van der Waals surface area (Å²) >= 11 is 5.95. The van der Waals surface area contributed by atoms with Crippen LogP contribution in [0.2, 0.25) is 5.02 Å². The molecule has 0 aromatic heterocycles. The Morgan fingerprint density at radius 3 is 2.48 bits per heavy atom. The number of fused-ring (bicyclic) bond motifs is 1. The van der Waals surface area contributed by atoms with Gasteiger partial charge >= 0.3 is 12.0 Å².